The monoisotopic (exact) mass is 389 g/mol. The average molecular weight is 389 g/mol. The van der Waals surface area contributed by atoms with Crippen molar-refractivity contribution in [1.82, 2.24) is 15.5 Å². The number of urea groups is 1. The Hall–Kier alpha value is -2.44. The van der Waals surface area contributed by atoms with E-state index < -0.39 is 23.3 Å². The second kappa shape index (κ2) is 7.89. The molecule has 2 N–H and O–H groups in total. The van der Waals surface area contributed by atoms with Gasteiger partial charge in [-0.1, -0.05) is 45.7 Å². The van der Waals surface area contributed by atoms with Crippen LogP contribution in [0.2, 0.25) is 0 Å². The van der Waals surface area contributed by atoms with Gasteiger partial charge in [-0.05, 0) is 42.4 Å². The predicted molar refractivity (Wildman–Crippen MR) is 103 cm³/mol. The molecule has 28 heavy (non-hydrogen) atoms. The van der Waals surface area contributed by atoms with Crippen LogP contribution >= 0.6 is 0 Å². The number of hydrogen-bond acceptors (Lipinski definition) is 3. The third kappa shape index (κ3) is 3.62. The van der Waals surface area contributed by atoms with Crippen LogP contribution in [0.1, 0.15) is 52.0 Å². The Bertz CT molecular complexity index is 767. The molecule has 0 unspecified atom stereocenters. The average Bonchev–Trinajstić information content (AvgIpc) is 2.91. The predicted octanol–water partition coefficient (Wildman–Crippen LogP) is 2.92. The summed E-state index contributed by atoms with van der Waals surface area (Å²) in [5, 5.41) is 5.71. The SMILES string of the molecule is CC[C@]1(c2ccc(F)cc2)NC(=O)N(CC(=O)N[C@@H]2CCC[C@H](C)[C@@H]2C)C1=O. The maximum absolute atomic E-state index is 13.3. The molecule has 0 bridgehead atoms. The standard InChI is InChI=1S/C21H28FN3O3/c1-4-21(15-8-10-16(22)11-9-15)19(27)25(20(28)24-21)12-18(26)23-17-7-5-6-13(2)14(17)3/h8-11,13-14,17H,4-7,12H2,1-3H3,(H,23,26)(H,24,28)/t13-,14-,17+,21+/m0/s1. The van der Waals surface area contributed by atoms with E-state index in [1.165, 1.54) is 24.3 Å². The van der Waals surface area contributed by atoms with E-state index in [4.69, 9.17) is 0 Å². The van der Waals surface area contributed by atoms with Crippen molar-refractivity contribution in [1.29, 1.82) is 0 Å². The lowest BCUT2D eigenvalue weighted by atomic mass is 9.78. The van der Waals surface area contributed by atoms with Gasteiger partial charge in [-0.2, -0.15) is 0 Å². The number of halogens is 1. The Labute approximate surface area is 164 Å². The number of hydrogen-bond donors (Lipinski definition) is 2. The highest BCUT2D eigenvalue weighted by atomic mass is 19.1. The second-order valence-electron chi connectivity index (χ2n) is 8.03. The molecule has 1 aromatic rings. The van der Waals surface area contributed by atoms with Gasteiger partial charge in [-0.3, -0.25) is 14.5 Å². The van der Waals surface area contributed by atoms with Crippen molar-refractivity contribution in [3.63, 3.8) is 0 Å². The first kappa shape index (κ1) is 20.3. The van der Waals surface area contributed by atoms with Crippen LogP contribution in [0.5, 0.6) is 0 Å². The molecule has 6 nitrogen and oxygen atoms in total. The zero-order valence-electron chi connectivity index (χ0n) is 16.6. The van der Waals surface area contributed by atoms with Crippen LogP contribution < -0.4 is 10.6 Å². The molecule has 4 atom stereocenters. The van der Waals surface area contributed by atoms with Crippen LogP contribution in [0, 0.1) is 17.7 Å². The molecule has 2 aliphatic rings. The minimum Gasteiger partial charge on any atom is -0.352 e. The topological polar surface area (TPSA) is 78.5 Å². The number of carbonyl (C=O) groups excluding carboxylic acids is 3. The highest BCUT2D eigenvalue weighted by Gasteiger charge is 2.51. The molecule has 1 aliphatic heterocycles. The highest BCUT2D eigenvalue weighted by molar-refractivity contribution is 6.09. The van der Waals surface area contributed by atoms with Crippen molar-refractivity contribution >= 4 is 17.8 Å². The van der Waals surface area contributed by atoms with Gasteiger partial charge in [0, 0.05) is 6.04 Å². The highest BCUT2D eigenvalue weighted by Crippen LogP contribution is 2.33. The molecular formula is C21H28FN3O3. The van der Waals surface area contributed by atoms with Gasteiger partial charge < -0.3 is 10.6 Å². The van der Waals surface area contributed by atoms with Crippen molar-refractivity contribution < 1.29 is 18.8 Å². The molecule has 4 amide bonds. The largest absolute Gasteiger partial charge is 0.352 e. The van der Waals surface area contributed by atoms with Crippen molar-refractivity contribution in [2.75, 3.05) is 6.54 Å². The summed E-state index contributed by atoms with van der Waals surface area (Å²) in [5.41, 5.74) is -0.759. The summed E-state index contributed by atoms with van der Waals surface area (Å²) in [6.45, 7) is 5.76. The fourth-order valence-corrected chi connectivity index (χ4v) is 4.33. The van der Waals surface area contributed by atoms with Crippen LogP contribution in [0.4, 0.5) is 9.18 Å². The summed E-state index contributed by atoms with van der Waals surface area (Å²) in [7, 11) is 0. The summed E-state index contributed by atoms with van der Waals surface area (Å²) in [6, 6.07) is 4.96. The quantitative estimate of drug-likeness (QED) is 0.760. The van der Waals surface area contributed by atoms with Crippen LogP contribution in [0.3, 0.4) is 0 Å². The first-order valence-corrected chi connectivity index (χ1v) is 9.98. The van der Waals surface area contributed by atoms with Crippen LogP contribution in [-0.4, -0.2) is 35.3 Å². The summed E-state index contributed by atoms with van der Waals surface area (Å²) in [4.78, 5) is 39.1. The van der Waals surface area contributed by atoms with E-state index in [0.717, 1.165) is 24.2 Å². The molecule has 2 fully saturated rings. The Kier molecular flexibility index (Phi) is 5.72. The van der Waals surface area contributed by atoms with Gasteiger partial charge in [0.25, 0.3) is 5.91 Å². The summed E-state index contributed by atoms with van der Waals surface area (Å²) in [5.74, 6) is -0.345. The van der Waals surface area contributed by atoms with E-state index in [1.54, 1.807) is 6.92 Å². The van der Waals surface area contributed by atoms with Crippen LogP contribution in [0.25, 0.3) is 0 Å². The molecule has 1 aliphatic carbocycles. The molecule has 1 heterocycles. The molecule has 152 valence electrons. The van der Waals surface area contributed by atoms with Gasteiger partial charge in [0.05, 0.1) is 0 Å². The first-order valence-electron chi connectivity index (χ1n) is 9.98. The Morgan fingerprint density at radius 2 is 1.93 bits per heavy atom. The van der Waals surface area contributed by atoms with Crippen molar-refractivity contribution in [3.05, 3.63) is 35.6 Å². The van der Waals surface area contributed by atoms with Crippen molar-refractivity contribution in [2.24, 2.45) is 11.8 Å². The van der Waals surface area contributed by atoms with Crippen molar-refractivity contribution in [3.8, 4) is 0 Å². The van der Waals surface area contributed by atoms with Gasteiger partial charge in [0.1, 0.15) is 17.9 Å². The van der Waals surface area contributed by atoms with Gasteiger partial charge in [-0.25, -0.2) is 9.18 Å². The molecule has 7 heteroatoms. The van der Waals surface area contributed by atoms with Crippen molar-refractivity contribution in [2.45, 2.75) is 58.0 Å². The number of amides is 4. The number of rotatable bonds is 5. The van der Waals surface area contributed by atoms with Gasteiger partial charge in [0.2, 0.25) is 5.91 Å². The van der Waals surface area contributed by atoms with Gasteiger partial charge in [0.15, 0.2) is 0 Å². The maximum atomic E-state index is 13.3. The summed E-state index contributed by atoms with van der Waals surface area (Å²) in [6.07, 6.45) is 3.42. The lowest BCUT2D eigenvalue weighted by Gasteiger charge is -2.34. The normalized spacial score (nSPS) is 30.3. The zero-order chi connectivity index (χ0) is 20.5. The maximum Gasteiger partial charge on any atom is 0.325 e. The zero-order valence-corrected chi connectivity index (χ0v) is 16.6. The fraction of sp³-hybridized carbons (Fsp3) is 0.571. The molecule has 3 rings (SSSR count). The molecule has 0 spiro atoms. The first-order chi connectivity index (χ1) is 13.3. The minimum atomic E-state index is -1.27. The van der Waals surface area contributed by atoms with Gasteiger partial charge in [-0.15, -0.1) is 0 Å². The number of carbonyl (C=O) groups is 3. The van der Waals surface area contributed by atoms with Gasteiger partial charge >= 0.3 is 6.03 Å². The van der Waals surface area contributed by atoms with E-state index in [1.807, 2.05) is 0 Å². The van der Waals surface area contributed by atoms with Crippen LogP contribution in [-0.2, 0) is 15.1 Å². The van der Waals surface area contributed by atoms with E-state index >= 15 is 0 Å². The number of nitrogens with one attached hydrogen (secondary N) is 2. The molecule has 1 saturated carbocycles. The Morgan fingerprint density at radius 3 is 2.57 bits per heavy atom. The third-order valence-electron chi connectivity index (χ3n) is 6.40. The molecule has 0 aromatic heterocycles. The molecule has 0 radical (unpaired) electrons. The Morgan fingerprint density at radius 1 is 1.25 bits per heavy atom. The lowest BCUT2D eigenvalue weighted by molar-refractivity contribution is -0.135. The Balaban J connectivity index is 1.72. The number of nitrogens with zero attached hydrogens (tertiary/aromatic N) is 1. The van der Waals surface area contributed by atoms with E-state index in [2.05, 4.69) is 24.5 Å². The fourth-order valence-electron chi connectivity index (χ4n) is 4.33. The third-order valence-corrected chi connectivity index (χ3v) is 6.40. The summed E-state index contributed by atoms with van der Waals surface area (Å²) < 4.78 is 13.3. The summed E-state index contributed by atoms with van der Waals surface area (Å²) >= 11 is 0. The lowest BCUT2D eigenvalue weighted by Crippen LogP contribution is -2.49. The second-order valence-corrected chi connectivity index (χ2v) is 8.03. The molecule has 1 saturated heterocycles. The number of imide groups is 1. The van der Waals surface area contributed by atoms with E-state index in [0.29, 0.717) is 23.8 Å². The van der Waals surface area contributed by atoms with E-state index in [-0.39, 0.29) is 18.5 Å². The minimum absolute atomic E-state index is 0.0602. The van der Waals surface area contributed by atoms with Crippen LogP contribution in [0.15, 0.2) is 24.3 Å². The molecule has 1 aromatic carbocycles. The van der Waals surface area contributed by atoms with E-state index in [9.17, 15) is 18.8 Å². The number of benzene rings is 1. The molecular weight excluding hydrogens is 361 g/mol. The smallest absolute Gasteiger partial charge is 0.325 e.